The molecule has 0 aliphatic rings. The van der Waals surface area contributed by atoms with Crippen LogP contribution >= 0.6 is 11.3 Å². The summed E-state index contributed by atoms with van der Waals surface area (Å²) in [7, 11) is 0. The Morgan fingerprint density at radius 3 is 2.60 bits per heavy atom. The third-order valence-electron chi connectivity index (χ3n) is 3.39. The van der Waals surface area contributed by atoms with Crippen molar-refractivity contribution in [3.63, 3.8) is 0 Å². The molecule has 128 valence electrons. The molecule has 0 bridgehead atoms. The number of hydrogen-bond donors (Lipinski definition) is 2. The van der Waals surface area contributed by atoms with E-state index >= 15 is 0 Å². The van der Waals surface area contributed by atoms with Gasteiger partial charge in [-0.05, 0) is 18.2 Å². The highest BCUT2D eigenvalue weighted by Crippen LogP contribution is 2.28. The van der Waals surface area contributed by atoms with Gasteiger partial charge in [-0.15, -0.1) is 0 Å². The molecule has 1 heterocycles. The first-order valence-corrected chi connectivity index (χ1v) is 8.17. The average molecular weight is 359 g/mol. The fourth-order valence-corrected chi connectivity index (χ4v) is 3.02. The number of benzene rings is 2. The van der Waals surface area contributed by atoms with Crippen molar-refractivity contribution in [2.24, 2.45) is 21.5 Å². The normalized spacial score (nSPS) is 13.4. The number of nitrogens with zero attached hydrogens (tertiary/aromatic N) is 3. The van der Waals surface area contributed by atoms with Crippen LogP contribution < -0.4 is 11.5 Å². The summed E-state index contributed by atoms with van der Waals surface area (Å²) in [6.07, 6.45) is 0. The largest absolute Gasteiger partial charge is 0.383 e. The number of fused-ring (bicyclic) bond motifs is 1. The summed E-state index contributed by atoms with van der Waals surface area (Å²) in [4.78, 5) is 12.4. The second-order valence-electron chi connectivity index (χ2n) is 5.40. The molecule has 0 aliphatic carbocycles. The smallest absolute Gasteiger partial charge is 0.270 e. The average Bonchev–Trinajstić information content (AvgIpc) is 2.96. The number of thiazole rings is 1. The van der Waals surface area contributed by atoms with Gasteiger partial charge in [-0.2, -0.15) is 9.98 Å². The lowest BCUT2D eigenvalue weighted by atomic mass is 10.1. The van der Waals surface area contributed by atoms with Gasteiger partial charge < -0.3 is 11.5 Å². The molecule has 2 aromatic carbocycles. The maximum Gasteiger partial charge on any atom is 0.270 e. The summed E-state index contributed by atoms with van der Waals surface area (Å²) in [5.74, 6) is -3.05. The van der Waals surface area contributed by atoms with E-state index < -0.39 is 5.92 Å². The van der Waals surface area contributed by atoms with E-state index in [0.29, 0.717) is 10.7 Å². The van der Waals surface area contributed by atoms with Gasteiger partial charge in [0.2, 0.25) is 11.1 Å². The maximum atomic E-state index is 13.4. The Morgan fingerprint density at radius 1 is 1.12 bits per heavy atom. The molecule has 0 saturated heterocycles. The fraction of sp³-hybridized carbons (Fsp3) is 0.118. The van der Waals surface area contributed by atoms with Crippen molar-refractivity contribution in [2.75, 3.05) is 0 Å². The molecule has 5 nitrogen and oxygen atoms in total. The molecule has 0 saturated carbocycles. The van der Waals surface area contributed by atoms with Crippen LogP contribution in [0.5, 0.6) is 0 Å². The lowest BCUT2D eigenvalue weighted by Gasteiger charge is -2.11. The van der Waals surface area contributed by atoms with Crippen molar-refractivity contribution in [3.05, 3.63) is 59.7 Å². The minimum absolute atomic E-state index is 0.00783. The van der Waals surface area contributed by atoms with Crippen LogP contribution in [-0.4, -0.2) is 16.8 Å². The highest BCUT2D eigenvalue weighted by molar-refractivity contribution is 7.22. The van der Waals surface area contributed by atoms with E-state index in [1.54, 1.807) is 6.07 Å². The number of halogens is 2. The first kappa shape index (κ1) is 17.0. The molecule has 8 heteroatoms. The monoisotopic (exact) mass is 359 g/mol. The second kappa shape index (κ2) is 6.56. The predicted molar refractivity (Wildman–Crippen MR) is 97.6 cm³/mol. The minimum atomic E-state index is -2.96. The van der Waals surface area contributed by atoms with Crippen LogP contribution in [0.1, 0.15) is 18.1 Å². The van der Waals surface area contributed by atoms with Crippen molar-refractivity contribution in [1.82, 2.24) is 4.98 Å². The Balaban J connectivity index is 1.88. The van der Waals surface area contributed by atoms with Crippen LogP contribution in [0.2, 0.25) is 0 Å². The van der Waals surface area contributed by atoms with E-state index in [9.17, 15) is 8.78 Å². The summed E-state index contributed by atoms with van der Waals surface area (Å²) in [6, 6.07) is 13.3. The molecule has 3 rings (SSSR count). The zero-order valence-corrected chi connectivity index (χ0v) is 14.1. The summed E-state index contributed by atoms with van der Waals surface area (Å²) >= 11 is 1.37. The lowest BCUT2D eigenvalue weighted by Crippen LogP contribution is -2.20. The molecule has 0 unspecified atom stereocenters. The first-order chi connectivity index (χ1) is 11.8. The van der Waals surface area contributed by atoms with Crippen LogP contribution in [0.4, 0.5) is 13.9 Å². The molecule has 25 heavy (non-hydrogen) atoms. The summed E-state index contributed by atoms with van der Waals surface area (Å²) in [5, 5.41) is 0.448. The topological polar surface area (TPSA) is 89.6 Å². The Labute approximate surface area is 146 Å². The molecule has 0 atom stereocenters. The van der Waals surface area contributed by atoms with Crippen LogP contribution in [0.25, 0.3) is 10.2 Å². The Morgan fingerprint density at radius 2 is 1.88 bits per heavy atom. The van der Waals surface area contributed by atoms with E-state index in [4.69, 9.17) is 11.5 Å². The molecular formula is C17H15F2N5S. The third-order valence-corrected chi connectivity index (χ3v) is 4.32. The molecule has 0 fully saturated rings. The van der Waals surface area contributed by atoms with Gasteiger partial charge >= 0.3 is 0 Å². The number of hydrogen-bond acceptors (Lipinski definition) is 3. The van der Waals surface area contributed by atoms with Crippen molar-refractivity contribution in [1.29, 1.82) is 0 Å². The highest BCUT2D eigenvalue weighted by Gasteiger charge is 2.24. The lowest BCUT2D eigenvalue weighted by molar-refractivity contribution is 0.0174. The van der Waals surface area contributed by atoms with Crippen molar-refractivity contribution in [3.8, 4) is 0 Å². The van der Waals surface area contributed by atoms with Crippen molar-refractivity contribution in [2.45, 2.75) is 12.8 Å². The predicted octanol–water partition coefficient (Wildman–Crippen LogP) is 3.76. The number of nitrogens with two attached hydrogens (primary N) is 2. The Hall–Kier alpha value is -2.87. The number of amidine groups is 1. The number of rotatable bonds is 3. The van der Waals surface area contributed by atoms with E-state index in [1.807, 2.05) is 24.3 Å². The van der Waals surface area contributed by atoms with Gasteiger partial charge in [-0.3, -0.25) is 0 Å². The number of para-hydroxylation sites is 1. The molecule has 0 spiro atoms. The number of guanidine groups is 1. The van der Waals surface area contributed by atoms with Crippen LogP contribution in [0, 0.1) is 0 Å². The standard InChI is InChI=1S/C17H15F2N5S/c1-17(18,19)11-6-4-5-10(9-11)14(20)23-15(21)24-16-22-12-7-2-3-8-13(12)25-16/h2-9H,1H3,(H4,20,21,22,23,24). The molecule has 3 aromatic rings. The van der Waals surface area contributed by atoms with Gasteiger partial charge in [0.1, 0.15) is 5.84 Å². The molecule has 0 radical (unpaired) electrons. The van der Waals surface area contributed by atoms with Crippen LogP contribution in [0.15, 0.2) is 58.5 Å². The second-order valence-corrected chi connectivity index (χ2v) is 6.41. The van der Waals surface area contributed by atoms with E-state index in [1.165, 1.54) is 29.5 Å². The summed E-state index contributed by atoms with van der Waals surface area (Å²) in [6.45, 7) is 0.822. The first-order valence-electron chi connectivity index (χ1n) is 7.35. The highest BCUT2D eigenvalue weighted by atomic mass is 32.1. The molecular weight excluding hydrogens is 344 g/mol. The van der Waals surface area contributed by atoms with Gasteiger partial charge in [-0.25, -0.2) is 13.8 Å². The summed E-state index contributed by atoms with van der Waals surface area (Å²) < 4.78 is 27.8. The Bertz CT molecular complexity index is 939. The van der Waals surface area contributed by atoms with Crippen LogP contribution in [0.3, 0.4) is 0 Å². The van der Waals surface area contributed by atoms with Gasteiger partial charge in [0, 0.05) is 18.1 Å². The third kappa shape index (κ3) is 3.97. The summed E-state index contributed by atoms with van der Waals surface area (Å²) in [5.41, 5.74) is 12.7. The number of aliphatic imine (C=N–C) groups is 2. The molecule has 1 aromatic heterocycles. The van der Waals surface area contributed by atoms with E-state index in [0.717, 1.165) is 17.1 Å². The molecule has 0 aliphatic heterocycles. The van der Waals surface area contributed by atoms with Crippen LogP contribution in [-0.2, 0) is 5.92 Å². The number of alkyl halides is 2. The maximum absolute atomic E-state index is 13.4. The van der Waals surface area contributed by atoms with Gasteiger partial charge in [-0.1, -0.05) is 41.7 Å². The SMILES string of the molecule is CC(F)(F)c1cccc(C(N)=NC(N)=Nc2nc3ccccc3s2)c1. The number of aromatic nitrogens is 1. The van der Waals surface area contributed by atoms with E-state index in [-0.39, 0.29) is 17.4 Å². The van der Waals surface area contributed by atoms with Gasteiger partial charge in [0.05, 0.1) is 10.2 Å². The quantitative estimate of drug-likeness (QED) is 0.551. The van der Waals surface area contributed by atoms with Crippen molar-refractivity contribution < 1.29 is 8.78 Å². The zero-order chi connectivity index (χ0) is 18.0. The Kier molecular flexibility index (Phi) is 4.45. The van der Waals surface area contributed by atoms with Gasteiger partial charge in [0.25, 0.3) is 5.92 Å². The van der Waals surface area contributed by atoms with E-state index in [2.05, 4.69) is 15.0 Å². The fourth-order valence-electron chi connectivity index (χ4n) is 2.17. The van der Waals surface area contributed by atoms with Gasteiger partial charge in [0.15, 0.2) is 0 Å². The zero-order valence-electron chi connectivity index (χ0n) is 13.3. The van der Waals surface area contributed by atoms with Crippen molar-refractivity contribution >= 4 is 38.5 Å². The minimum Gasteiger partial charge on any atom is -0.383 e. The molecule has 4 N–H and O–H groups in total. The molecule has 0 amide bonds.